The van der Waals surface area contributed by atoms with Crippen LogP contribution < -0.4 is 4.74 Å². The van der Waals surface area contributed by atoms with Crippen LogP contribution in [0.15, 0.2) is 23.6 Å². The lowest BCUT2D eigenvalue weighted by atomic mass is 10.3. The number of methoxy groups -OCH3 is 1. The van der Waals surface area contributed by atoms with E-state index in [9.17, 15) is 0 Å². The van der Waals surface area contributed by atoms with Crippen molar-refractivity contribution in [1.29, 1.82) is 0 Å². The number of rotatable bonds is 5. The Kier molecular flexibility index (Phi) is 4.69. The molecule has 0 bridgehead atoms. The van der Waals surface area contributed by atoms with Gasteiger partial charge in [-0.1, -0.05) is 17.3 Å². The first-order valence-corrected chi connectivity index (χ1v) is 4.40. The molecule has 0 aliphatic rings. The Balaban J connectivity index is 2.46. The minimum Gasteiger partial charge on any atom is -0.467 e. The first-order chi connectivity index (χ1) is 7.36. The molecule has 0 aliphatic heterocycles. The molecule has 0 saturated carbocycles. The lowest BCUT2D eigenvalue weighted by Gasteiger charge is -1.96. The highest BCUT2D eigenvalue weighted by atomic mass is 16.5. The Hall–Kier alpha value is -2.07. The summed E-state index contributed by atoms with van der Waals surface area (Å²) in [6.45, 7) is 0.462. The van der Waals surface area contributed by atoms with Gasteiger partial charge in [-0.2, -0.15) is 0 Å². The van der Waals surface area contributed by atoms with Crippen molar-refractivity contribution in [1.82, 2.24) is 9.97 Å². The lowest BCUT2D eigenvalue weighted by molar-refractivity contribution is 0.379. The smallest absolute Gasteiger partial charge is 0.316 e. The monoisotopic (exact) mass is 205 g/mol. The molecule has 6 heteroatoms. The predicted octanol–water partition coefficient (Wildman–Crippen LogP) is 2.20. The third kappa shape index (κ3) is 4.10. The maximum absolute atomic E-state index is 8.04. The van der Waals surface area contributed by atoms with Gasteiger partial charge in [-0.25, -0.2) is 9.97 Å². The Bertz CT molecular complexity index is 367. The largest absolute Gasteiger partial charge is 0.467 e. The van der Waals surface area contributed by atoms with Crippen molar-refractivity contribution in [3.63, 3.8) is 0 Å². The fraction of sp³-hybridized carbons (Fsp3) is 0.333. The zero-order valence-electron chi connectivity index (χ0n) is 8.37. The van der Waals surface area contributed by atoms with Crippen LogP contribution in [0.3, 0.4) is 0 Å². The van der Waals surface area contributed by atoms with Crippen LogP contribution in [0.4, 0.5) is 0 Å². The topological polar surface area (TPSA) is 83.8 Å². The van der Waals surface area contributed by atoms with Crippen molar-refractivity contribution in [2.75, 3.05) is 13.7 Å². The molecule has 0 radical (unpaired) electrons. The Morgan fingerprint density at radius 3 is 2.87 bits per heavy atom. The molecule has 0 atom stereocenters. The van der Waals surface area contributed by atoms with E-state index in [1.807, 2.05) is 12.2 Å². The number of hydrogen-bond acceptors (Lipinski definition) is 4. The van der Waals surface area contributed by atoms with Crippen LogP contribution in [0.25, 0.3) is 16.5 Å². The average molecular weight is 205 g/mol. The Morgan fingerprint density at radius 2 is 2.27 bits per heavy atom. The van der Waals surface area contributed by atoms with Crippen LogP contribution >= 0.6 is 0 Å². The van der Waals surface area contributed by atoms with Crippen molar-refractivity contribution >= 4 is 6.08 Å². The van der Waals surface area contributed by atoms with Crippen molar-refractivity contribution in [3.05, 3.63) is 34.5 Å². The molecule has 0 N–H and O–H groups in total. The van der Waals surface area contributed by atoms with E-state index in [0.29, 0.717) is 19.0 Å². The van der Waals surface area contributed by atoms with Gasteiger partial charge < -0.3 is 4.74 Å². The van der Waals surface area contributed by atoms with E-state index in [1.54, 1.807) is 12.4 Å². The molecule has 0 unspecified atom stereocenters. The molecular weight excluding hydrogens is 194 g/mol. The van der Waals surface area contributed by atoms with Gasteiger partial charge in [0.15, 0.2) is 0 Å². The van der Waals surface area contributed by atoms with Gasteiger partial charge in [-0.05, 0) is 12.0 Å². The second-order valence-electron chi connectivity index (χ2n) is 2.65. The highest BCUT2D eigenvalue weighted by molar-refractivity contribution is 5.46. The van der Waals surface area contributed by atoms with Gasteiger partial charge in [-0.15, -0.1) is 0 Å². The van der Waals surface area contributed by atoms with Crippen LogP contribution in [0.2, 0.25) is 0 Å². The number of aromatic nitrogens is 2. The summed E-state index contributed by atoms with van der Waals surface area (Å²) in [6, 6.07) is 0.348. The van der Waals surface area contributed by atoms with Gasteiger partial charge in [0.05, 0.1) is 7.11 Å². The van der Waals surface area contributed by atoms with E-state index in [2.05, 4.69) is 20.0 Å². The second kappa shape index (κ2) is 6.39. The van der Waals surface area contributed by atoms with Crippen molar-refractivity contribution in [2.24, 2.45) is 5.11 Å². The van der Waals surface area contributed by atoms with E-state index in [4.69, 9.17) is 10.3 Å². The SMILES string of the molecule is COc1ncc(C=CCCN=[N+]=[N-])cn1. The van der Waals surface area contributed by atoms with E-state index in [0.717, 1.165) is 5.56 Å². The molecule has 6 nitrogen and oxygen atoms in total. The zero-order valence-corrected chi connectivity index (χ0v) is 8.37. The van der Waals surface area contributed by atoms with Gasteiger partial charge in [0.25, 0.3) is 0 Å². The van der Waals surface area contributed by atoms with Crippen molar-refractivity contribution in [3.8, 4) is 6.01 Å². The Morgan fingerprint density at radius 1 is 1.53 bits per heavy atom. The van der Waals surface area contributed by atoms with Gasteiger partial charge >= 0.3 is 6.01 Å². The van der Waals surface area contributed by atoms with Gasteiger partial charge in [0.2, 0.25) is 0 Å². The summed E-state index contributed by atoms with van der Waals surface area (Å²) < 4.78 is 4.83. The quantitative estimate of drug-likeness (QED) is 0.319. The molecular formula is C9H11N5O. The maximum Gasteiger partial charge on any atom is 0.316 e. The molecule has 78 valence electrons. The summed E-state index contributed by atoms with van der Waals surface area (Å²) in [5.74, 6) is 0. The molecule has 0 fully saturated rings. The molecule has 0 amide bonds. The fourth-order valence-electron chi connectivity index (χ4n) is 0.914. The van der Waals surface area contributed by atoms with Gasteiger partial charge in [-0.3, -0.25) is 0 Å². The van der Waals surface area contributed by atoms with E-state index < -0.39 is 0 Å². The first kappa shape index (κ1) is 11.0. The van der Waals surface area contributed by atoms with Crippen molar-refractivity contribution in [2.45, 2.75) is 6.42 Å². The van der Waals surface area contributed by atoms with Gasteiger partial charge in [0.1, 0.15) is 0 Å². The number of nitrogens with zero attached hydrogens (tertiary/aromatic N) is 5. The Labute approximate surface area is 87.3 Å². The summed E-state index contributed by atoms with van der Waals surface area (Å²) in [5, 5.41) is 3.41. The molecule has 1 heterocycles. The van der Waals surface area contributed by atoms with E-state index >= 15 is 0 Å². The average Bonchev–Trinajstić information content (AvgIpc) is 2.30. The number of hydrogen-bond donors (Lipinski definition) is 0. The van der Waals surface area contributed by atoms with E-state index in [1.165, 1.54) is 7.11 Å². The van der Waals surface area contributed by atoms with E-state index in [-0.39, 0.29) is 0 Å². The number of ether oxygens (including phenoxy) is 1. The van der Waals surface area contributed by atoms with Crippen molar-refractivity contribution < 1.29 is 4.74 Å². The summed E-state index contributed by atoms with van der Waals surface area (Å²) >= 11 is 0. The second-order valence-corrected chi connectivity index (χ2v) is 2.65. The summed E-state index contributed by atoms with van der Waals surface area (Å²) in [5.41, 5.74) is 8.93. The standard InChI is InChI=1S/C9H11N5O/c1-15-9-11-6-8(7-12-9)4-2-3-5-13-14-10/h2,4,6-7H,3,5H2,1H3. The molecule has 0 aliphatic carbocycles. The third-order valence-corrected chi connectivity index (χ3v) is 1.60. The zero-order chi connectivity index (χ0) is 10.9. The maximum atomic E-state index is 8.04. The normalized spacial score (nSPS) is 9.93. The third-order valence-electron chi connectivity index (χ3n) is 1.60. The fourth-order valence-corrected chi connectivity index (χ4v) is 0.914. The highest BCUT2D eigenvalue weighted by Crippen LogP contribution is 2.03. The lowest BCUT2D eigenvalue weighted by Crippen LogP contribution is -1.90. The van der Waals surface area contributed by atoms with Crippen LogP contribution in [0.5, 0.6) is 6.01 Å². The number of azide groups is 1. The minimum absolute atomic E-state index is 0.348. The van der Waals surface area contributed by atoms with Crippen LogP contribution in [0, 0.1) is 0 Å². The molecule has 0 saturated heterocycles. The summed E-state index contributed by atoms with van der Waals surface area (Å²) in [6.07, 6.45) is 7.80. The molecule has 1 aromatic rings. The summed E-state index contributed by atoms with van der Waals surface area (Å²) in [7, 11) is 1.52. The molecule has 0 spiro atoms. The molecule has 1 aromatic heterocycles. The molecule has 15 heavy (non-hydrogen) atoms. The highest BCUT2D eigenvalue weighted by Gasteiger charge is 1.92. The predicted molar refractivity (Wildman–Crippen MR) is 56.2 cm³/mol. The summed E-state index contributed by atoms with van der Waals surface area (Å²) in [4.78, 5) is 10.5. The van der Waals surface area contributed by atoms with Gasteiger partial charge in [0, 0.05) is 29.4 Å². The van der Waals surface area contributed by atoms with Crippen LogP contribution in [-0.4, -0.2) is 23.6 Å². The first-order valence-electron chi connectivity index (χ1n) is 4.40. The van der Waals surface area contributed by atoms with Crippen LogP contribution in [0.1, 0.15) is 12.0 Å². The molecule has 0 aromatic carbocycles. The minimum atomic E-state index is 0.348. The molecule has 1 rings (SSSR count). The van der Waals surface area contributed by atoms with Crippen LogP contribution in [-0.2, 0) is 0 Å².